The van der Waals surface area contributed by atoms with Crippen molar-refractivity contribution in [1.29, 1.82) is 0 Å². The van der Waals surface area contributed by atoms with Crippen LogP contribution in [0, 0.1) is 0 Å². The van der Waals surface area contributed by atoms with Gasteiger partial charge in [0.05, 0.1) is 6.17 Å². The van der Waals surface area contributed by atoms with E-state index in [4.69, 9.17) is 0 Å². The van der Waals surface area contributed by atoms with Crippen LogP contribution in [0.3, 0.4) is 0 Å². The van der Waals surface area contributed by atoms with Gasteiger partial charge in [0.2, 0.25) is 0 Å². The van der Waals surface area contributed by atoms with Crippen LogP contribution < -0.4 is 10.6 Å². The first-order valence-electron chi connectivity index (χ1n) is 5.22. The Balaban J connectivity index is 1.84. The van der Waals surface area contributed by atoms with Crippen molar-refractivity contribution in [2.45, 2.75) is 45.2 Å². The minimum Gasteiger partial charge on any atom is -0.370 e. The molecule has 0 radical (unpaired) electrons. The second-order valence-electron chi connectivity index (χ2n) is 3.43. The van der Waals surface area contributed by atoms with Crippen LogP contribution >= 0.6 is 0 Å². The molecule has 0 amide bonds. The molecule has 1 aliphatic rings. The molecule has 0 unspecified atom stereocenters. The summed E-state index contributed by atoms with van der Waals surface area (Å²) in [4.78, 5) is 0. The van der Waals surface area contributed by atoms with E-state index >= 15 is 0 Å². The lowest BCUT2D eigenvalue weighted by molar-refractivity contribution is 0.491. The average molecular weight is 180 g/mol. The SMILES string of the molecule is C/C=C/CCCCCC1NC=CN1. The zero-order valence-electron chi connectivity index (χ0n) is 8.42. The van der Waals surface area contributed by atoms with Crippen LogP contribution in [0.1, 0.15) is 39.0 Å². The van der Waals surface area contributed by atoms with Gasteiger partial charge in [0, 0.05) is 12.4 Å². The minimum atomic E-state index is 0.488. The van der Waals surface area contributed by atoms with Crippen molar-refractivity contribution in [2.24, 2.45) is 0 Å². The molecule has 13 heavy (non-hydrogen) atoms. The number of hydrogen-bond acceptors (Lipinski definition) is 2. The molecule has 2 heteroatoms. The van der Waals surface area contributed by atoms with Crippen LogP contribution in [0.15, 0.2) is 24.6 Å². The van der Waals surface area contributed by atoms with E-state index < -0.39 is 0 Å². The van der Waals surface area contributed by atoms with Gasteiger partial charge in [0.15, 0.2) is 0 Å². The lowest BCUT2D eigenvalue weighted by atomic mass is 10.1. The largest absolute Gasteiger partial charge is 0.370 e. The highest BCUT2D eigenvalue weighted by Crippen LogP contribution is 2.06. The zero-order chi connectivity index (χ0) is 9.36. The van der Waals surface area contributed by atoms with Crippen molar-refractivity contribution >= 4 is 0 Å². The van der Waals surface area contributed by atoms with E-state index in [1.165, 1.54) is 32.1 Å². The van der Waals surface area contributed by atoms with Gasteiger partial charge in [-0.25, -0.2) is 0 Å². The molecule has 0 aromatic rings. The van der Waals surface area contributed by atoms with Crippen molar-refractivity contribution in [3.05, 3.63) is 24.6 Å². The summed E-state index contributed by atoms with van der Waals surface area (Å²) in [5, 5.41) is 6.51. The molecular formula is C11H20N2. The standard InChI is InChI=1S/C11H20N2/c1-2-3-4-5-6-7-8-11-12-9-10-13-11/h2-3,9-13H,4-8H2,1H3/b3-2+. The molecule has 2 nitrogen and oxygen atoms in total. The summed E-state index contributed by atoms with van der Waals surface area (Å²) in [5.74, 6) is 0. The van der Waals surface area contributed by atoms with Gasteiger partial charge in [-0.1, -0.05) is 18.6 Å². The van der Waals surface area contributed by atoms with Gasteiger partial charge in [0.25, 0.3) is 0 Å². The van der Waals surface area contributed by atoms with Crippen molar-refractivity contribution in [1.82, 2.24) is 10.6 Å². The predicted molar refractivity (Wildman–Crippen MR) is 57.1 cm³/mol. The molecule has 74 valence electrons. The summed E-state index contributed by atoms with van der Waals surface area (Å²) >= 11 is 0. The Kier molecular flexibility index (Phi) is 5.14. The van der Waals surface area contributed by atoms with Gasteiger partial charge in [0.1, 0.15) is 0 Å². The summed E-state index contributed by atoms with van der Waals surface area (Å²) in [5.41, 5.74) is 0. The number of hydrogen-bond donors (Lipinski definition) is 2. The van der Waals surface area contributed by atoms with E-state index in [0.717, 1.165) is 0 Å². The van der Waals surface area contributed by atoms with E-state index in [-0.39, 0.29) is 0 Å². The Morgan fingerprint density at radius 1 is 1.15 bits per heavy atom. The van der Waals surface area contributed by atoms with Crippen LogP contribution in [-0.4, -0.2) is 6.17 Å². The second kappa shape index (κ2) is 6.58. The molecule has 1 rings (SSSR count). The zero-order valence-corrected chi connectivity index (χ0v) is 8.42. The summed E-state index contributed by atoms with van der Waals surface area (Å²) in [6.45, 7) is 2.08. The normalized spacial score (nSPS) is 16.4. The third-order valence-corrected chi connectivity index (χ3v) is 2.28. The Morgan fingerprint density at radius 3 is 2.62 bits per heavy atom. The summed E-state index contributed by atoms with van der Waals surface area (Å²) < 4.78 is 0. The third kappa shape index (κ3) is 4.61. The quantitative estimate of drug-likeness (QED) is 0.485. The molecule has 0 saturated carbocycles. The van der Waals surface area contributed by atoms with E-state index in [2.05, 4.69) is 29.7 Å². The van der Waals surface area contributed by atoms with E-state index in [9.17, 15) is 0 Å². The number of unbranched alkanes of at least 4 members (excludes halogenated alkanes) is 3. The second-order valence-corrected chi connectivity index (χ2v) is 3.43. The van der Waals surface area contributed by atoms with E-state index in [1.807, 2.05) is 12.4 Å². The predicted octanol–water partition coefficient (Wildman–Crippen LogP) is 2.50. The molecule has 1 aliphatic heterocycles. The van der Waals surface area contributed by atoms with Crippen molar-refractivity contribution < 1.29 is 0 Å². The average Bonchev–Trinajstić information content (AvgIpc) is 2.63. The summed E-state index contributed by atoms with van der Waals surface area (Å²) in [6.07, 6.45) is 15.2. The van der Waals surface area contributed by atoms with E-state index in [1.54, 1.807) is 0 Å². The molecule has 0 fully saturated rings. The number of allylic oxidation sites excluding steroid dienone is 2. The van der Waals surface area contributed by atoms with Crippen LogP contribution in [0.25, 0.3) is 0 Å². The maximum Gasteiger partial charge on any atom is 0.0955 e. The summed E-state index contributed by atoms with van der Waals surface area (Å²) in [6, 6.07) is 0. The van der Waals surface area contributed by atoms with Crippen molar-refractivity contribution in [3.63, 3.8) is 0 Å². The Labute approximate surface area is 81.1 Å². The Morgan fingerprint density at radius 2 is 1.92 bits per heavy atom. The molecule has 0 aromatic heterocycles. The minimum absolute atomic E-state index is 0.488. The first-order valence-corrected chi connectivity index (χ1v) is 5.22. The first kappa shape index (κ1) is 10.2. The van der Waals surface area contributed by atoms with E-state index in [0.29, 0.717) is 6.17 Å². The fourth-order valence-corrected chi connectivity index (χ4v) is 1.50. The maximum absolute atomic E-state index is 3.25. The topological polar surface area (TPSA) is 24.1 Å². The van der Waals surface area contributed by atoms with Gasteiger partial charge >= 0.3 is 0 Å². The van der Waals surface area contributed by atoms with Gasteiger partial charge in [-0.3, -0.25) is 0 Å². The smallest absolute Gasteiger partial charge is 0.0955 e. The fraction of sp³-hybridized carbons (Fsp3) is 0.636. The molecular weight excluding hydrogens is 160 g/mol. The Hall–Kier alpha value is -0.920. The lowest BCUT2D eigenvalue weighted by Crippen LogP contribution is -2.30. The molecule has 0 spiro atoms. The fourth-order valence-electron chi connectivity index (χ4n) is 1.50. The highest BCUT2D eigenvalue weighted by Gasteiger charge is 2.05. The van der Waals surface area contributed by atoms with Crippen LogP contribution in [0.2, 0.25) is 0 Å². The number of nitrogens with one attached hydrogen (secondary N) is 2. The van der Waals surface area contributed by atoms with Crippen molar-refractivity contribution in [2.75, 3.05) is 0 Å². The highest BCUT2D eigenvalue weighted by molar-refractivity contribution is 4.90. The monoisotopic (exact) mass is 180 g/mol. The van der Waals surface area contributed by atoms with Gasteiger partial charge in [-0.05, 0) is 32.6 Å². The first-order chi connectivity index (χ1) is 6.43. The molecule has 2 N–H and O–H groups in total. The molecule has 0 atom stereocenters. The van der Waals surface area contributed by atoms with Crippen LogP contribution in [-0.2, 0) is 0 Å². The van der Waals surface area contributed by atoms with Gasteiger partial charge < -0.3 is 10.6 Å². The lowest BCUT2D eigenvalue weighted by Gasteiger charge is -2.11. The van der Waals surface area contributed by atoms with Gasteiger partial charge in [-0.2, -0.15) is 0 Å². The molecule has 0 saturated heterocycles. The van der Waals surface area contributed by atoms with Crippen LogP contribution in [0.4, 0.5) is 0 Å². The van der Waals surface area contributed by atoms with Gasteiger partial charge in [-0.15, -0.1) is 0 Å². The molecule has 0 bridgehead atoms. The summed E-state index contributed by atoms with van der Waals surface area (Å²) in [7, 11) is 0. The Bertz CT molecular complexity index is 165. The molecule has 0 aliphatic carbocycles. The highest BCUT2D eigenvalue weighted by atomic mass is 15.1. The maximum atomic E-state index is 3.25. The molecule has 0 aromatic carbocycles. The van der Waals surface area contributed by atoms with Crippen molar-refractivity contribution in [3.8, 4) is 0 Å². The number of rotatable bonds is 6. The van der Waals surface area contributed by atoms with Crippen LogP contribution in [0.5, 0.6) is 0 Å². The molecule has 1 heterocycles. The third-order valence-electron chi connectivity index (χ3n) is 2.28.